The van der Waals surface area contributed by atoms with Crippen LogP contribution in [0.4, 0.5) is 5.69 Å². The fourth-order valence-corrected chi connectivity index (χ4v) is 9.84. The number of anilines is 1. The lowest BCUT2D eigenvalue weighted by Crippen LogP contribution is -2.53. The van der Waals surface area contributed by atoms with E-state index in [2.05, 4.69) is 26.7 Å². The fraction of sp³-hybridized carbons (Fsp3) is 0.474. The molecule has 48 heavy (non-hydrogen) atoms. The van der Waals surface area contributed by atoms with Crippen molar-refractivity contribution in [3.8, 4) is 5.75 Å². The van der Waals surface area contributed by atoms with Gasteiger partial charge >= 0.3 is 0 Å². The number of hydrogen-bond donors (Lipinski definition) is 2. The smallest absolute Gasteiger partial charge is 0.264 e. The first-order valence-electron chi connectivity index (χ1n) is 17.1. The van der Waals surface area contributed by atoms with Crippen molar-refractivity contribution in [1.82, 2.24) is 9.71 Å². The lowest BCUT2D eigenvalue weighted by molar-refractivity contribution is -0.0452. The molecule has 8 nitrogen and oxygen atoms in total. The molecule has 10 heteroatoms. The average molecular weight is 690 g/mol. The molecular formula is C38H44ClN3O5S. The number of aromatic nitrogens is 1. The molecule has 0 unspecified atom stereocenters. The summed E-state index contributed by atoms with van der Waals surface area (Å²) in [5.41, 5.74) is 2.85. The number of benzene rings is 2. The summed E-state index contributed by atoms with van der Waals surface area (Å²) < 4.78 is 35.8. The number of amides is 1. The van der Waals surface area contributed by atoms with Crippen molar-refractivity contribution in [1.29, 1.82) is 0 Å². The predicted molar refractivity (Wildman–Crippen MR) is 188 cm³/mol. The molecule has 1 saturated carbocycles. The summed E-state index contributed by atoms with van der Waals surface area (Å²) in [5.74, 6) is -0.150. The highest BCUT2D eigenvalue weighted by Crippen LogP contribution is 2.49. The SMILES string of the molecule is C[C@@H]1[C@@H](C)C/C=C\[C@@](O)(Cc2ccccn2)[C@@H]2CC[C@H]2CN2C[C@@]3(CCCc4cc(Cl)ccc43)COc3ccc(cc32)C(=O)NS1(=O)=O. The lowest BCUT2D eigenvalue weighted by Gasteiger charge is -2.49. The standard InChI is InChI=1S/C38H44ClN3O5S/c1-25-7-5-17-38(44,21-31-9-3-4-18-40-31)33-13-10-29(33)22-42-23-37(16-6-8-27-19-30(39)12-14-32(27)37)24-47-35-15-11-28(20-34(35)42)36(43)41-48(45,46)26(25)2/h3-5,9,11-12,14-15,17-20,25-26,29,33,44H,6-8,10,13,16,21-24H2,1-2H3,(H,41,43)/b17-5-/t25-,26+,29-,33+,37-,38+/m0/s1. The maximum absolute atomic E-state index is 13.5. The Hall–Kier alpha value is -3.40. The van der Waals surface area contributed by atoms with Gasteiger partial charge in [-0.3, -0.25) is 9.78 Å². The van der Waals surface area contributed by atoms with Crippen molar-refractivity contribution in [2.45, 2.75) is 75.1 Å². The Morgan fingerprint density at radius 1 is 1.12 bits per heavy atom. The minimum Gasteiger partial charge on any atom is -0.490 e. The Morgan fingerprint density at radius 2 is 1.98 bits per heavy atom. The van der Waals surface area contributed by atoms with Gasteiger partial charge in [-0.05, 0) is 117 Å². The number of nitrogens with one attached hydrogen (secondary N) is 1. The molecule has 1 amide bonds. The van der Waals surface area contributed by atoms with E-state index in [-0.39, 0.29) is 28.7 Å². The molecule has 0 saturated heterocycles. The van der Waals surface area contributed by atoms with E-state index in [1.807, 2.05) is 43.3 Å². The summed E-state index contributed by atoms with van der Waals surface area (Å²) in [7, 11) is -3.98. The van der Waals surface area contributed by atoms with E-state index in [1.54, 1.807) is 31.3 Å². The van der Waals surface area contributed by atoms with Crippen LogP contribution in [-0.4, -0.2) is 55.0 Å². The van der Waals surface area contributed by atoms with Gasteiger partial charge in [-0.15, -0.1) is 0 Å². The van der Waals surface area contributed by atoms with Gasteiger partial charge in [0.1, 0.15) is 5.75 Å². The minimum atomic E-state index is -3.98. The second-order valence-electron chi connectivity index (χ2n) is 14.5. The van der Waals surface area contributed by atoms with Crippen LogP contribution in [0.5, 0.6) is 5.75 Å². The van der Waals surface area contributed by atoms with Gasteiger partial charge in [0.05, 0.1) is 23.1 Å². The number of rotatable bonds is 2. The van der Waals surface area contributed by atoms with Crippen LogP contribution in [0.1, 0.15) is 73.1 Å². The number of halogens is 1. The zero-order chi connectivity index (χ0) is 33.7. The number of carbonyl (C=O) groups excluding carboxylic acids is 1. The molecule has 254 valence electrons. The van der Waals surface area contributed by atoms with Crippen LogP contribution in [0.15, 0.2) is 72.9 Å². The Bertz CT molecular complexity index is 1830. The summed E-state index contributed by atoms with van der Waals surface area (Å²) >= 11 is 6.44. The average Bonchev–Trinajstić information content (AvgIpc) is 3.19. The molecule has 3 aromatic rings. The molecule has 1 spiro atoms. The summed E-state index contributed by atoms with van der Waals surface area (Å²) in [5, 5.41) is 12.4. The van der Waals surface area contributed by atoms with E-state index in [9.17, 15) is 18.3 Å². The first kappa shape index (κ1) is 33.1. The van der Waals surface area contributed by atoms with E-state index >= 15 is 0 Å². The number of ether oxygens (including phenoxy) is 1. The van der Waals surface area contributed by atoms with Crippen LogP contribution in [0.2, 0.25) is 5.02 Å². The zero-order valence-corrected chi connectivity index (χ0v) is 29.1. The molecule has 2 N–H and O–H groups in total. The third-order valence-corrected chi connectivity index (χ3v) is 13.6. The number of sulfonamides is 1. The van der Waals surface area contributed by atoms with Crippen LogP contribution in [0, 0.1) is 17.8 Å². The number of pyridine rings is 1. The van der Waals surface area contributed by atoms with E-state index in [1.165, 1.54) is 11.1 Å². The maximum Gasteiger partial charge on any atom is 0.264 e. The molecule has 1 aromatic heterocycles. The van der Waals surface area contributed by atoms with Gasteiger partial charge in [0, 0.05) is 47.4 Å². The molecule has 0 radical (unpaired) electrons. The van der Waals surface area contributed by atoms with Crippen molar-refractivity contribution in [2.24, 2.45) is 17.8 Å². The summed E-state index contributed by atoms with van der Waals surface area (Å²) in [6, 6.07) is 17.1. The van der Waals surface area contributed by atoms with E-state index in [0.717, 1.165) is 48.5 Å². The highest BCUT2D eigenvalue weighted by molar-refractivity contribution is 7.90. The van der Waals surface area contributed by atoms with Gasteiger partial charge < -0.3 is 14.7 Å². The number of aryl methyl sites for hydroxylation is 1. The number of aliphatic hydroxyl groups is 1. The molecule has 2 aliphatic carbocycles. The van der Waals surface area contributed by atoms with E-state index in [0.29, 0.717) is 38.3 Å². The largest absolute Gasteiger partial charge is 0.490 e. The zero-order valence-electron chi connectivity index (χ0n) is 27.6. The highest BCUT2D eigenvalue weighted by atomic mass is 35.5. The molecule has 2 bridgehead atoms. The van der Waals surface area contributed by atoms with Crippen LogP contribution < -0.4 is 14.4 Å². The van der Waals surface area contributed by atoms with Crippen molar-refractivity contribution in [3.05, 3.63) is 100 Å². The van der Waals surface area contributed by atoms with Crippen LogP contribution in [0.25, 0.3) is 0 Å². The first-order valence-corrected chi connectivity index (χ1v) is 19.1. The maximum atomic E-state index is 13.5. The van der Waals surface area contributed by atoms with E-state index < -0.39 is 26.8 Å². The Morgan fingerprint density at radius 3 is 2.75 bits per heavy atom. The highest BCUT2D eigenvalue weighted by Gasteiger charge is 2.48. The van der Waals surface area contributed by atoms with Crippen LogP contribution >= 0.6 is 11.6 Å². The summed E-state index contributed by atoms with van der Waals surface area (Å²) in [6.45, 7) is 5.27. The molecule has 3 heterocycles. The summed E-state index contributed by atoms with van der Waals surface area (Å²) in [4.78, 5) is 20.4. The lowest BCUT2D eigenvalue weighted by atomic mass is 9.62. The normalized spacial score (nSPS) is 32.1. The number of hydrogen-bond acceptors (Lipinski definition) is 7. The molecule has 2 aromatic carbocycles. The van der Waals surface area contributed by atoms with Gasteiger partial charge in [0.2, 0.25) is 10.0 Å². The molecule has 7 rings (SSSR count). The van der Waals surface area contributed by atoms with Gasteiger partial charge in [-0.25, -0.2) is 13.1 Å². The summed E-state index contributed by atoms with van der Waals surface area (Å²) in [6.07, 6.45) is 11.1. The van der Waals surface area contributed by atoms with E-state index in [4.69, 9.17) is 16.3 Å². The molecule has 4 aliphatic rings. The Balaban J connectivity index is 1.32. The van der Waals surface area contributed by atoms with Crippen LogP contribution in [-0.2, 0) is 28.3 Å². The minimum absolute atomic E-state index is 0.0346. The van der Waals surface area contributed by atoms with Gasteiger partial charge in [-0.1, -0.05) is 42.8 Å². The second-order valence-corrected chi connectivity index (χ2v) is 17.0. The van der Waals surface area contributed by atoms with Crippen LogP contribution in [0.3, 0.4) is 0 Å². The second kappa shape index (κ2) is 12.8. The number of fused-ring (bicyclic) bond motifs is 4. The fourth-order valence-electron chi connectivity index (χ4n) is 8.36. The van der Waals surface area contributed by atoms with Crippen molar-refractivity contribution < 1.29 is 23.1 Å². The van der Waals surface area contributed by atoms with Crippen molar-refractivity contribution >= 4 is 33.2 Å². The van der Waals surface area contributed by atoms with Gasteiger partial charge in [0.25, 0.3) is 5.91 Å². The molecular weight excluding hydrogens is 646 g/mol. The number of carbonyl (C=O) groups is 1. The van der Waals surface area contributed by atoms with Gasteiger partial charge in [0.15, 0.2) is 0 Å². The predicted octanol–water partition coefficient (Wildman–Crippen LogP) is 6.25. The monoisotopic (exact) mass is 689 g/mol. The first-order chi connectivity index (χ1) is 23.0. The Kier molecular flexibility index (Phi) is 8.84. The third kappa shape index (κ3) is 6.25. The molecule has 6 atom stereocenters. The van der Waals surface area contributed by atoms with Crippen molar-refractivity contribution in [2.75, 3.05) is 24.6 Å². The third-order valence-electron chi connectivity index (χ3n) is 11.4. The van der Waals surface area contributed by atoms with Crippen molar-refractivity contribution in [3.63, 3.8) is 0 Å². The number of nitrogens with zero attached hydrogens (tertiary/aromatic N) is 2. The van der Waals surface area contributed by atoms with Gasteiger partial charge in [-0.2, -0.15) is 0 Å². The molecule has 1 fully saturated rings. The number of allylic oxidation sites excluding steroid dienone is 1. The molecule has 2 aliphatic heterocycles. The quantitative estimate of drug-likeness (QED) is 0.306. The topological polar surface area (TPSA) is 109 Å². The Labute approximate surface area is 288 Å².